The number of rotatable bonds is 5. The van der Waals surface area contributed by atoms with Crippen LogP contribution in [0.4, 0.5) is 0 Å². The zero-order valence-corrected chi connectivity index (χ0v) is 9.02. The summed E-state index contributed by atoms with van der Waals surface area (Å²) < 4.78 is 0. The molecule has 1 rings (SSSR count). The molecule has 0 bridgehead atoms. The molecule has 0 unspecified atom stereocenters. The van der Waals surface area contributed by atoms with Gasteiger partial charge in [-0.1, -0.05) is 30.3 Å². The Hall–Kier alpha value is -0.500. The van der Waals surface area contributed by atoms with Gasteiger partial charge in [0, 0.05) is 0 Å². The molecule has 0 N–H and O–H groups in total. The van der Waals surface area contributed by atoms with Crippen LogP contribution < -0.4 is 0 Å². The second-order valence-corrected chi connectivity index (χ2v) is 4.33. The fraction of sp³-hybridized carbons (Fsp3) is 0.545. The molecule has 1 atom stereocenters. The second-order valence-electron chi connectivity index (χ2n) is 3.23. The molecule has 1 heterocycles. The van der Waals surface area contributed by atoms with Crippen molar-refractivity contribution in [2.45, 2.75) is 38.6 Å². The SMILES string of the molecule is C=CCCCC[C@@H]1C=CSC(C)=N1. The second kappa shape index (κ2) is 6.03. The molecular formula is C11H17NS. The number of allylic oxidation sites excluding steroid dienone is 1. The van der Waals surface area contributed by atoms with Gasteiger partial charge in [-0.3, -0.25) is 4.99 Å². The molecule has 0 fully saturated rings. The highest BCUT2D eigenvalue weighted by atomic mass is 32.2. The van der Waals surface area contributed by atoms with Crippen LogP contribution in [0.25, 0.3) is 0 Å². The van der Waals surface area contributed by atoms with E-state index in [1.165, 1.54) is 24.3 Å². The normalized spacial score (nSPS) is 21.3. The van der Waals surface area contributed by atoms with Crippen molar-refractivity contribution in [3.05, 3.63) is 24.1 Å². The van der Waals surface area contributed by atoms with Crippen molar-refractivity contribution in [3.8, 4) is 0 Å². The Kier molecular flexibility index (Phi) is 4.91. The smallest absolute Gasteiger partial charge is 0.0697 e. The largest absolute Gasteiger partial charge is 0.275 e. The van der Waals surface area contributed by atoms with Gasteiger partial charge < -0.3 is 0 Å². The van der Waals surface area contributed by atoms with E-state index in [4.69, 9.17) is 0 Å². The molecule has 0 aliphatic carbocycles. The van der Waals surface area contributed by atoms with Gasteiger partial charge in [-0.25, -0.2) is 0 Å². The Balaban J connectivity index is 2.17. The summed E-state index contributed by atoms with van der Waals surface area (Å²) in [7, 11) is 0. The number of aliphatic imine (C=N–C) groups is 1. The van der Waals surface area contributed by atoms with Crippen LogP contribution in [-0.2, 0) is 0 Å². The maximum absolute atomic E-state index is 4.55. The van der Waals surface area contributed by atoms with E-state index in [0.717, 1.165) is 6.42 Å². The van der Waals surface area contributed by atoms with Gasteiger partial charge in [0.15, 0.2) is 0 Å². The van der Waals surface area contributed by atoms with Crippen LogP contribution in [0.5, 0.6) is 0 Å². The van der Waals surface area contributed by atoms with Gasteiger partial charge in [-0.2, -0.15) is 0 Å². The van der Waals surface area contributed by atoms with Gasteiger partial charge in [-0.15, -0.1) is 6.58 Å². The minimum atomic E-state index is 0.436. The average molecular weight is 195 g/mol. The van der Waals surface area contributed by atoms with Gasteiger partial charge in [0.2, 0.25) is 0 Å². The first-order valence-electron chi connectivity index (χ1n) is 4.81. The zero-order chi connectivity index (χ0) is 9.52. The molecule has 0 aromatic carbocycles. The Morgan fingerprint density at radius 2 is 2.46 bits per heavy atom. The van der Waals surface area contributed by atoms with Gasteiger partial charge >= 0.3 is 0 Å². The molecule has 0 aromatic rings. The maximum atomic E-state index is 4.55. The van der Waals surface area contributed by atoms with Crippen LogP contribution in [0.15, 0.2) is 29.1 Å². The highest BCUT2D eigenvalue weighted by molar-refractivity contribution is 8.16. The Labute approximate surface area is 85.0 Å². The minimum absolute atomic E-state index is 0.436. The van der Waals surface area contributed by atoms with E-state index in [1.807, 2.05) is 6.08 Å². The highest BCUT2D eigenvalue weighted by Gasteiger charge is 2.06. The lowest BCUT2D eigenvalue weighted by molar-refractivity contribution is 0.638. The van der Waals surface area contributed by atoms with E-state index in [0.29, 0.717) is 6.04 Å². The first-order chi connectivity index (χ1) is 6.33. The van der Waals surface area contributed by atoms with Crippen molar-refractivity contribution in [1.29, 1.82) is 0 Å². The molecule has 0 amide bonds. The summed E-state index contributed by atoms with van der Waals surface area (Å²) in [5.41, 5.74) is 0. The Morgan fingerprint density at radius 1 is 1.62 bits per heavy atom. The monoisotopic (exact) mass is 195 g/mol. The van der Waals surface area contributed by atoms with Crippen LogP contribution >= 0.6 is 11.8 Å². The third kappa shape index (κ3) is 4.32. The van der Waals surface area contributed by atoms with E-state index in [9.17, 15) is 0 Å². The van der Waals surface area contributed by atoms with Crippen LogP contribution in [0.2, 0.25) is 0 Å². The average Bonchev–Trinajstić information content (AvgIpc) is 2.13. The fourth-order valence-electron chi connectivity index (χ4n) is 1.34. The van der Waals surface area contributed by atoms with Crippen LogP contribution in [0.3, 0.4) is 0 Å². The lowest BCUT2D eigenvalue weighted by atomic mass is 10.1. The van der Waals surface area contributed by atoms with Gasteiger partial charge in [-0.05, 0) is 31.6 Å². The summed E-state index contributed by atoms with van der Waals surface area (Å²) in [6, 6.07) is 0.436. The Morgan fingerprint density at radius 3 is 3.15 bits per heavy atom. The molecule has 0 radical (unpaired) electrons. The number of thioether (sulfide) groups is 1. The standard InChI is InChI=1S/C11H17NS/c1-3-4-5-6-7-11-8-9-13-10(2)12-11/h3,8-9,11H,1,4-7H2,2H3/t11-/m1/s1. The number of hydrogen-bond donors (Lipinski definition) is 0. The molecule has 72 valence electrons. The van der Waals surface area contributed by atoms with Crippen LogP contribution in [0, 0.1) is 0 Å². The maximum Gasteiger partial charge on any atom is 0.0697 e. The summed E-state index contributed by atoms with van der Waals surface area (Å²) in [5, 5.41) is 3.34. The van der Waals surface area contributed by atoms with Crippen molar-refractivity contribution in [2.75, 3.05) is 0 Å². The molecule has 1 aliphatic heterocycles. The molecule has 1 nitrogen and oxygen atoms in total. The highest BCUT2D eigenvalue weighted by Crippen LogP contribution is 2.18. The van der Waals surface area contributed by atoms with Crippen LogP contribution in [0.1, 0.15) is 32.6 Å². The first kappa shape index (κ1) is 10.6. The quantitative estimate of drug-likeness (QED) is 0.480. The van der Waals surface area contributed by atoms with Gasteiger partial charge in [0.1, 0.15) is 0 Å². The molecule has 0 spiro atoms. The van der Waals surface area contributed by atoms with E-state index in [-0.39, 0.29) is 0 Å². The van der Waals surface area contributed by atoms with E-state index < -0.39 is 0 Å². The summed E-state index contributed by atoms with van der Waals surface area (Å²) in [6.45, 7) is 5.79. The topological polar surface area (TPSA) is 12.4 Å². The molecule has 0 saturated carbocycles. The van der Waals surface area contributed by atoms with Crippen molar-refractivity contribution in [1.82, 2.24) is 0 Å². The number of hydrogen-bond acceptors (Lipinski definition) is 2. The predicted molar refractivity (Wildman–Crippen MR) is 62.3 cm³/mol. The third-order valence-electron chi connectivity index (χ3n) is 2.05. The molecule has 2 heteroatoms. The lowest BCUT2D eigenvalue weighted by Crippen LogP contribution is -2.05. The zero-order valence-electron chi connectivity index (χ0n) is 8.20. The lowest BCUT2D eigenvalue weighted by Gasteiger charge is -2.12. The summed E-state index contributed by atoms with van der Waals surface area (Å²) in [5.74, 6) is 0. The van der Waals surface area contributed by atoms with E-state index in [1.54, 1.807) is 11.8 Å². The molecule has 0 aromatic heterocycles. The number of unbranched alkanes of at least 4 members (excludes halogenated alkanes) is 2. The molecule has 1 aliphatic rings. The molecule has 13 heavy (non-hydrogen) atoms. The number of nitrogens with zero attached hydrogens (tertiary/aromatic N) is 1. The van der Waals surface area contributed by atoms with Crippen molar-refractivity contribution in [2.24, 2.45) is 4.99 Å². The van der Waals surface area contributed by atoms with E-state index in [2.05, 4.69) is 30.0 Å². The first-order valence-corrected chi connectivity index (χ1v) is 5.69. The molecule has 0 saturated heterocycles. The van der Waals surface area contributed by atoms with Crippen molar-refractivity contribution in [3.63, 3.8) is 0 Å². The predicted octanol–water partition coefficient (Wildman–Crippen LogP) is 3.78. The molecular weight excluding hydrogens is 178 g/mol. The summed E-state index contributed by atoms with van der Waals surface area (Å²) in [4.78, 5) is 4.55. The van der Waals surface area contributed by atoms with Gasteiger partial charge in [0.05, 0.1) is 11.1 Å². The fourth-order valence-corrected chi connectivity index (χ4v) is 1.99. The van der Waals surface area contributed by atoms with E-state index >= 15 is 0 Å². The van der Waals surface area contributed by atoms with Crippen LogP contribution in [-0.4, -0.2) is 11.1 Å². The summed E-state index contributed by atoms with van der Waals surface area (Å²) >= 11 is 1.72. The summed E-state index contributed by atoms with van der Waals surface area (Å²) in [6.07, 6.45) is 9.00. The third-order valence-corrected chi connectivity index (χ3v) is 2.78. The Bertz CT molecular complexity index is 218. The van der Waals surface area contributed by atoms with Crippen molar-refractivity contribution < 1.29 is 0 Å². The van der Waals surface area contributed by atoms with Gasteiger partial charge in [0.25, 0.3) is 0 Å². The minimum Gasteiger partial charge on any atom is -0.275 e. The van der Waals surface area contributed by atoms with Crippen molar-refractivity contribution >= 4 is 16.8 Å².